The maximum atomic E-state index is 11.3. The lowest BCUT2D eigenvalue weighted by Crippen LogP contribution is -2.03. The van der Waals surface area contributed by atoms with E-state index in [4.69, 9.17) is 11.6 Å². The molecule has 0 aromatic carbocycles. The van der Waals surface area contributed by atoms with Crippen LogP contribution in [-0.2, 0) is 15.7 Å². The summed E-state index contributed by atoms with van der Waals surface area (Å²) in [6.45, 7) is 1.71. The lowest BCUT2D eigenvalue weighted by Gasteiger charge is -2.05. The molecule has 0 aliphatic rings. The maximum Gasteiger partial charge on any atom is 0.175 e. The van der Waals surface area contributed by atoms with Crippen molar-refractivity contribution in [2.75, 3.05) is 6.26 Å². The summed E-state index contributed by atoms with van der Waals surface area (Å²) in [6.07, 6.45) is 2.63. The van der Waals surface area contributed by atoms with Crippen molar-refractivity contribution in [2.24, 2.45) is 0 Å². The van der Waals surface area contributed by atoms with E-state index < -0.39 is 9.84 Å². The Morgan fingerprint density at radius 1 is 1.50 bits per heavy atom. The Labute approximate surface area is 94.8 Å². The molecule has 1 rings (SSSR count). The summed E-state index contributed by atoms with van der Waals surface area (Å²) in [6, 6.07) is 1.49. The highest BCUT2D eigenvalue weighted by Gasteiger charge is 2.12. The topological polar surface area (TPSA) is 47.0 Å². The van der Waals surface area contributed by atoms with E-state index in [1.165, 1.54) is 18.5 Å². The first-order valence-corrected chi connectivity index (χ1v) is 6.10. The standard InChI is InChI=1S/C8H10ClNO2S.ClH/c1-6-7(5-9)10-4-3-8(6)13(2,11)12;/h3-4H,5H2,1-2H3;1H. The van der Waals surface area contributed by atoms with E-state index in [2.05, 4.69) is 4.98 Å². The largest absolute Gasteiger partial charge is 0.260 e. The Morgan fingerprint density at radius 3 is 2.50 bits per heavy atom. The number of sulfone groups is 1. The van der Waals surface area contributed by atoms with Crippen LogP contribution in [0.2, 0.25) is 0 Å². The van der Waals surface area contributed by atoms with Crippen LogP contribution in [0.25, 0.3) is 0 Å². The molecule has 0 aliphatic heterocycles. The summed E-state index contributed by atoms with van der Waals surface area (Å²) in [5.74, 6) is 0.231. The van der Waals surface area contributed by atoms with Crippen molar-refractivity contribution < 1.29 is 8.42 Å². The van der Waals surface area contributed by atoms with Gasteiger partial charge in [-0.1, -0.05) is 0 Å². The van der Waals surface area contributed by atoms with Gasteiger partial charge in [0, 0.05) is 12.5 Å². The zero-order chi connectivity index (χ0) is 10.1. The van der Waals surface area contributed by atoms with Crippen molar-refractivity contribution in [3.8, 4) is 0 Å². The molecule has 0 saturated carbocycles. The van der Waals surface area contributed by atoms with E-state index in [0.29, 0.717) is 16.2 Å². The van der Waals surface area contributed by atoms with E-state index >= 15 is 0 Å². The van der Waals surface area contributed by atoms with Crippen molar-refractivity contribution in [1.29, 1.82) is 0 Å². The lowest BCUT2D eigenvalue weighted by atomic mass is 10.2. The zero-order valence-corrected chi connectivity index (χ0v) is 10.2. The molecule has 0 aliphatic carbocycles. The highest BCUT2D eigenvalue weighted by atomic mass is 35.5. The van der Waals surface area contributed by atoms with Gasteiger partial charge < -0.3 is 0 Å². The van der Waals surface area contributed by atoms with E-state index in [0.717, 1.165) is 0 Å². The highest BCUT2D eigenvalue weighted by molar-refractivity contribution is 7.90. The van der Waals surface area contributed by atoms with Crippen LogP contribution in [0, 0.1) is 6.92 Å². The Balaban J connectivity index is 0.00000169. The summed E-state index contributed by atoms with van der Waals surface area (Å²) >= 11 is 5.60. The number of hydrogen-bond acceptors (Lipinski definition) is 3. The molecule has 14 heavy (non-hydrogen) atoms. The predicted octanol–water partition coefficient (Wildman–Crippen LogP) is 1.95. The molecule has 0 spiro atoms. The van der Waals surface area contributed by atoms with Crippen LogP contribution >= 0.6 is 24.0 Å². The summed E-state index contributed by atoms with van der Waals surface area (Å²) in [5, 5.41) is 0. The quantitative estimate of drug-likeness (QED) is 0.760. The third kappa shape index (κ3) is 2.83. The fourth-order valence-corrected chi connectivity index (χ4v) is 2.35. The van der Waals surface area contributed by atoms with E-state index in [1.54, 1.807) is 6.92 Å². The van der Waals surface area contributed by atoms with Gasteiger partial charge in [-0.25, -0.2) is 8.42 Å². The molecule has 0 unspecified atom stereocenters. The van der Waals surface area contributed by atoms with Gasteiger partial charge in [-0.2, -0.15) is 0 Å². The van der Waals surface area contributed by atoms with Crippen LogP contribution in [0.3, 0.4) is 0 Å². The number of nitrogens with zero attached hydrogens (tertiary/aromatic N) is 1. The smallest absolute Gasteiger partial charge is 0.175 e. The molecule has 3 nitrogen and oxygen atoms in total. The first kappa shape index (κ1) is 13.7. The summed E-state index contributed by atoms with van der Waals surface area (Å²) in [7, 11) is -3.16. The molecule has 80 valence electrons. The molecule has 0 bridgehead atoms. The average Bonchev–Trinajstić information content (AvgIpc) is 2.02. The second kappa shape index (κ2) is 4.96. The van der Waals surface area contributed by atoms with Gasteiger partial charge in [0.05, 0.1) is 16.5 Å². The molecule has 6 heteroatoms. The van der Waals surface area contributed by atoms with Crippen molar-refractivity contribution in [3.63, 3.8) is 0 Å². The number of hydrogen-bond donors (Lipinski definition) is 0. The second-order valence-corrected chi connectivity index (χ2v) is 5.04. The van der Waals surface area contributed by atoms with Crippen LogP contribution in [0.5, 0.6) is 0 Å². The summed E-state index contributed by atoms with van der Waals surface area (Å²) in [5.41, 5.74) is 1.25. The number of pyridine rings is 1. The van der Waals surface area contributed by atoms with Gasteiger partial charge in [-0.3, -0.25) is 4.98 Å². The Bertz CT molecular complexity index is 417. The first-order chi connectivity index (χ1) is 5.96. The second-order valence-electron chi connectivity index (χ2n) is 2.79. The molecule has 0 atom stereocenters. The van der Waals surface area contributed by atoms with Crippen molar-refractivity contribution >= 4 is 33.8 Å². The SMILES string of the molecule is Cc1c(S(C)(=O)=O)ccnc1CCl.Cl. The summed E-state index contributed by atoms with van der Waals surface area (Å²) in [4.78, 5) is 4.28. The lowest BCUT2D eigenvalue weighted by molar-refractivity contribution is 0.601. The molecule has 0 amide bonds. The van der Waals surface area contributed by atoms with Crippen LogP contribution in [0.4, 0.5) is 0 Å². The number of aromatic nitrogens is 1. The minimum absolute atomic E-state index is 0. The van der Waals surface area contributed by atoms with Crippen LogP contribution in [0.15, 0.2) is 17.2 Å². The Kier molecular flexibility index (Phi) is 4.84. The molecule has 0 fully saturated rings. The van der Waals surface area contributed by atoms with Crippen LogP contribution in [-0.4, -0.2) is 19.7 Å². The van der Waals surface area contributed by atoms with E-state index in [1.807, 2.05) is 0 Å². The molecular weight excluding hydrogens is 245 g/mol. The number of halogens is 2. The molecule has 0 radical (unpaired) electrons. The van der Waals surface area contributed by atoms with Crippen molar-refractivity contribution in [3.05, 3.63) is 23.5 Å². The molecule has 1 aromatic heterocycles. The highest BCUT2D eigenvalue weighted by Crippen LogP contribution is 2.17. The molecule has 0 N–H and O–H groups in total. The minimum Gasteiger partial charge on any atom is -0.260 e. The van der Waals surface area contributed by atoms with Gasteiger partial charge in [0.1, 0.15) is 0 Å². The van der Waals surface area contributed by atoms with E-state index in [9.17, 15) is 8.42 Å². The van der Waals surface area contributed by atoms with Gasteiger partial charge in [-0.05, 0) is 18.6 Å². The zero-order valence-electron chi connectivity index (χ0n) is 7.82. The van der Waals surface area contributed by atoms with Gasteiger partial charge >= 0.3 is 0 Å². The van der Waals surface area contributed by atoms with Crippen LogP contribution in [0.1, 0.15) is 11.3 Å². The fourth-order valence-electron chi connectivity index (χ4n) is 1.10. The predicted molar refractivity (Wildman–Crippen MR) is 58.9 cm³/mol. The van der Waals surface area contributed by atoms with Crippen molar-refractivity contribution in [2.45, 2.75) is 17.7 Å². The number of alkyl halides is 1. The van der Waals surface area contributed by atoms with Crippen LogP contribution < -0.4 is 0 Å². The van der Waals surface area contributed by atoms with Gasteiger partial charge in [0.2, 0.25) is 0 Å². The molecular formula is C8H11Cl2NO2S. The number of rotatable bonds is 2. The Hall–Kier alpha value is -0.320. The fraction of sp³-hybridized carbons (Fsp3) is 0.375. The third-order valence-electron chi connectivity index (χ3n) is 1.78. The van der Waals surface area contributed by atoms with Crippen molar-refractivity contribution in [1.82, 2.24) is 4.98 Å². The summed E-state index contributed by atoms with van der Waals surface area (Å²) < 4.78 is 22.5. The minimum atomic E-state index is -3.16. The third-order valence-corrected chi connectivity index (χ3v) is 3.28. The van der Waals surface area contributed by atoms with Gasteiger partial charge in [0.15, 0.2) is 9.84 Å². The average molecular weight is 256 g/mol. The molecule has 1 aromatic rings. The van der Waals surface area contributed by atoms with Gasteiger partial charge in [-0.15, -0.1) is 24.0 Å². The first-order valence-electron chi connectivity index (χ1n) is 3.67. The molecule has 1 heterocycles. The van der Waals surface area contributed by atoms with E-state index in [-0.39, 0.29) is 18.3 Å². The normalized spacial score (nSPS) is 10.8. The molecule has 0 saturated heterocycles. The maximum absolute atomic E-state index is 11.3. The monoisotopic (exact) mass is 255 g/mol. The Morgan fingerprint density at radius 2 is 2.07 bits per heavy atom. The van der Waals surface area contributed by atoms with Gasteiger partial charge in [0.25, 0.3) is 0 Å².